The second-order valence-corrected chi connectivity index (χ2v) is 11.4. The fourth-order valence-corrected chi connectivity index (χ4v) is 5.42. The number of benzene rings is 4. The molecule has 11 nitrogen and oxygen atoms in total. The molecule has 0 spiro atoms. The number of nitrogens with one attached hydrogen (secondary N) is 2. The number of halogens is 1. The Morgan fingerprint density at radius 3 is 2.18 bits per heavy atom. The van der Waals surface area contributed by atoms with E-state index in [9.17, 15) is 22.4 Å². The van der Waals surface area contributed by atoms with Crippen molar-refractivity contribution in [3.05, 3.63) is 108 Å². The zero-order chi connectivity index (χ0) is 32.4. The summed E-state index contributed by atoms with van der Waals surface area (Å²) < 4.78 is 57.3. The number of ether oxygens (including phenoxy) is 3. The molecular weight excluding hydrogens is 603 g/mol. The molecule has 0 radical (unpaired) electrons. The van der Waals surface area contributed by atoms with Crippen molar-refractivity contribution < 1.29 is 36.6 Å². The summed E-state index contributed by atoms with van der Waals surface area (Å²) in [5.41, 5.74) is 4.47. The third kappa shape index (κ3) is 8.80. The van der Waals surface area contributed by atoms with Crippen LogP contribution in [-0.4, -0.2) is 53.8 Å². The third-order valence-corrected chi connectivity index (χ3v) is 8.12. The number of hydrogen-bond donors (Lipinski definition) is 2. The summed E-state index contributed by atoms with van der Waals surface area (Å²) in [6.07, 6.45) is 1.37. The quantitative estimate of drug-likeness (QED) is 0.163. The van der Waals surface area contributed by atoms with Gasteiger partial charge in [-0.2, -0.15) is 5.10 Å². The van der Waals surface area contributed by atoms with E-state index >= 15 is 0 Å². The van der Waals surface area contributed by atoms with E-state index in [2.05, 4.69) is 15.8 Å². The smallest absolute Gasteiger partial charge is 0.264 e. The predicted molar refractivity (Wildman–Crippen MR) is 168 cm³/mol. The number of anilines is 2. The first-order chi connectivity index (χ1) is 21.6. The van der Waals surface area contributed by atoms with Crippen LogP contribution >= 0.6 is 0 Å². The molecule has 4 rings (SSSR count). The standard InChI is InChI=1S/C32H31FN4O7S/c1-22-4-15-28(16-5-22)45(40,41)37(26-12-17-29(42-2)30(18-26)43-3)20-31(38)36-34-19-23-6-13-27(14-7-23)44-21-32(39)35-25-10-8-24(33)9-11-25/h4-19H,20-21H2,1-3H3,(H,35,39)(H,36,38)/b34-19+. The SMILES string of the molecule is COc1ccc(N(CC(=O)N/N=C/c2ccc(OCC(=O)Nc3ccc(F)cc3)cc2)S(=O)(=O)c2ccc(C)cc2)cc1OC. The zero-order valence-corrected chi connectivity index (χ0v) is 25.5. The molecule has 234 valence electrons. The zero-order valence-electron chi connectivity index (χ0n) is 24.7. The van der Waals surface area contributed by atoms with Crippen molar-refractivity contribution in [3.63, 3.8) is 0 Å². The van der Waals surface area contributed by atoms with Crippen LogP contribution in [0.15, 0.2) is 101 Å². The largest absolute Gasteiger partial charge is 0.493 e. The lowest BCUT2D eigenvalue weighted by molar-refractivity contribution is -0.119. The highest BCUT2D eigenvalue weighted by Gasteiger charge is 2.28. The van der Waals surface area contributed by atoms with E-state index in [4.69, 9.17) is 14.2 Å². The molecule has 13 heteroatoms. The normalized spacial score (nSPS) is 11.1. The van der Waals surface area contributed by atoms with Gasteiger partial charge in [0.1, 0.15) is 18.1 Å². The van der Waals surface area contributed by atoms with E-state index in [1.165, 1.54) is 69.0 Å². The monoisotopic (exact) mass is 634 g/mol. The summed E-state index contributed by atoms with van der Waals surface area (Å²) in [5, 5.41) is 6.55. The molecule has 0 unspecified atom stereocenters. The first-order valence-electron chi connectivity index (χ1n) is 13.5. The van der Waals surface area contributed by atoms with Crippen molar-refractivity contribution in [3.8, 4) is 17.2 Å². The van der Waals surface area contributed by atoms with Crippen LogP contribution in [0, 0.1) is 12.7 Å². The number of rotatable bonds is 13. The summed E-state index contributed by atoms with van der Waals surface area (Å²) in [6.45, 7) is 1.00. The van der Waals surface area contributed by atoms with Crippen molar-refractivity contribution in [1.29, 1.82) is 0 Å². The Labute approximate surface area is 260 Å². The van der Waals surface area contributed by atoms with Crippen LogP contribution < -0.4 is 29.3 Å². The van der Waals surface area contributed by atoms with Crippen molar-refractivity contribution in [2.75, 3.05) is 37.0 Å². The highest BCUT2D eigenvalue weighted by Crippen LogP contribution is 2.33. The molecule has 0 aromatic heterocycles. The molecule has 0 aliphatic heterocycles. The summed E-state index contributed by atoms with van der Waals surface area (Å²) in [6, 6.07) is 22.7. The Hall–Kier alpha value is -5.43. The molecule has 0 saturated heterocycles. The topological polar surface area (TPSA) is 136 Å². The van der Waals surface area contributed by atoms with Crippen LogP contribution in [0.5, 0.6) is 17.2 Å². The fourth-order valence-electron chi connectivity index (χ4n) is 4.01. The average molecular weight is 635 g/mol. The van der Waals surface area contributed by atoms with E-state index in [0.29, 0.717) is 28.5 Å². The predicted octanol–water partition coefficient (Wildman–Crippen LogP) is 4.51. The Balaban J connectivity index is 1.39. The minimum atomic E-state index is -4.16. The summed E-state index contributed by atoms with van der Waals surface area (Å²) in [5.74, 6) is -0.413. The fraction of sp³-hybridized carbons (Fsp3) is 0.156. The minimum Gasteiger partial charge on any atom is -0.493 e. The maximum Gasteiger partial charge on any atom is 0.264 e. The maximum atomic E-state index is 13.6. The molecule has 0 bridgehead atoms. The van der Waals surface area contributed by atoms with Crippen LogP contribution in [0.3, 0.4) is 0 Å². The molecule has 2 N–H and O–H groups in total. The number of hydrogen-bond acceptors (Lipinski definition) is 8. The highest BCUT2D eigenvalue weighted by atomic mass is 32.2. The van der Waals surface area contributed by atoms with Gasteiger partial charge in [0.05, 0.1) is 31.0 Å². The van der Waals surface area contributed by atoms with E-state index in [0.717, 1.165) is 9.87 Å². The number of hydrazone groups is 1. The molecule has 0 heterocycles. The molecule has 0 aliphatic rings. The van der Waals surface area contributed by atoms with Gasteiger partial charge in [0.15, 0.2) is 18.1 Å². The number of methoxy groups -OCH3 is 2. The summed E-state index contributed by atoms with van der Waals surface area (Å²) in [4.78, 5) is 25.0. The number of carbonyl (C=O) groups is 2. The van der Waals surface area contributed by atoms with Gasteiger partial charge < -0.3 is 19.5 Å². The molecule has 2 amide bonds. The number of aryl methyl sites for hydroxylation is 1. The second-order valence-electron chi connectivity index (χ2n) is 9.57. The van der Waals surface area contributed by atoms with Crippen LogP contribution in [0.25, 0.3) is 0 Å². The first kappa shape index (κ1) is 32.5. The summed E-state index contributed by atoms with van der Waals surface area (Å²) >= 11 is 0. The Kier molecular flexibility index (Phi) is 10.7. The van der Waals surface area contributed by atoms with Gasteiger partial charge in [-0.05, 0) is 85.3 Å². The Morgan fingerprint density at radius 2 is 1.53 bits per heavy atom. The molecule has 0 aliphatic carbocycles. The van der Waals surface area contributed by atoms with Gasteiger partial charge in [0.25, 0.3) is 21.8 Å². The van der Waals surface area contributed by atoms with E-state index < -0.39 is 34.2 Å². The van der Waals surface area contributed by atoms with Gasteiger partial charge in [0.2, 0.25) is 0 Å². The minimum absolute atomic E-state index is 0.00873. The van der Waals surface area contributed by atoms with Gasteiger partial charge in [0, 0.05) is 11.8 Å². The van der Waals surface area contributed by atoms with Gasteiger partial charge in [-0.15, -0.1) is 0 Å². The lowest BCUT2D eigenvalue weighted by atomic mass is 10.2. The molecule has 4 aromatic rings. The lowest BCUT2D eigenvalue weighted by Crippen LogP contribution is -2.39. The third-order valence-electron chi connectivity index (χ3n) is 6.33. The number of amides is 2. The Bertz CT molecular complexity index is 1760. The second kappa shape index (κ2) is 14.8. The number of carbonyl (C=O) groups excluding carboxylic acids is 2. The van der Waals surface area contributed by atoms with Gasteiger partial charge in [-0.25, -0.2) is 18.2 Å². The van der Waals surface area contributed by atoms with E-state index in [1.807, 2.05) is 6.92 Å². The molecule has 0 atom stereocenters. The number of sulfonamides is 1. The van der Waals surface area contributed by atoms with Crippen molar-refractivity contribution in [2.24, 2.45) is 5.10 Å². The average Bonchev–Trinajstić information content (AvgIpc) is 3.04. The van der Waals surface area contributed by atoms with Crippen LogP contribution in [0.2, 0.25) is 0 Å². The van der Waals surface area contributed by atoms with Gasteiger partial charge >= 0.3 is 0 Å². The van der Waals surface area contributed by atoms with Crippen molar-refractivity contribution in [1.82, 2.24) is 5.43 Å². The van der Waals surface area contributed by atoms with E-state index in [-0.39, 0.29) is 17.2 Å². The number of nitrogens with zero attached hydrogens (tertiary/aromatic N) is 2. The summed E-state index contributed by atoms with van der Waals surface area (Å²) in [7, 11) is -1.27. The van der Waals surface area contributed by atoms with Crippen molar-refractivity contribution in [2.45, 2.75) is 11.8 Å². The molecule has 0 saturated carbocycles. The molecule has 4 aromatic carbocycles. The first-order valence-corrected chi connectivity index (χ1v) is 14.9. The maximum absolute atomic E-state index is 13.6. The van der Waals surface area contributed by atoms with E-state index in [1.54, 1.807) is 42.5 Å². The van der Waals surface area contributed by atoms with Crippen LogP contribution in [0.4, 0.5) is 15.8 Å². The molecular formula is C32H31FN4O7S. The van der Waals surface area contributed by atoms with Crippen LogP contribution in [0.1, 0.15) is 11.1 Å². The lowest BCUT2D eigenvalue weighted by Gasteiger charge is -2.24. The van der Waals surface area contributed by atoms with Crippen LogP contribution in [-0.2, 0) is 19.6 Å². The molecule has 0 fully saturated rings. The van der Waals surface area contributed by atoms with Gasteiger partial charge in [-0.1, -0.05) is 17.7 Å². The Morgan fingerprint density at radius 1 is 0.867 bits per heavy atom. The van der Waals surface area contributed by atoms with Crippen molar-refractivity contribution >= 4 is 39.4 Å². The molecule has 45 heavy (non-hydrogen) atoms. The van der Waals surface area contributed by atoms with Gasteiger partial charge in [-0.3, -0.25) is 13.9 Å². The highest BCUT2D eigenvalue weighted by molar-refractivity contribution is 7.92.